The third-order valence-electron chi connectivity index (χ3n) is 3.96. The highest BCUT2D eigenvalue weighted by molar-refractivity contribution is 5.82. The van der Waals surface area contributed by atoms with Gasteiger partial charge in [-0.2, -0.15) is 8.78 Å². The highest BCUT2D eigenvalue weighted by atomic mass is 19.3. The lowest BCUT2D eigenvalue weighted by Crippen LogP contribution is -2.41. The van der Waals surface area contributed by atoms with Crippen molar-refractivity contribution in [3.8, 4) is 0 Å². The lowest BCUT2D eigenvalue weighted by atomic mass is 10.0. The van der Waals surface area contributed by atoms with Crippen molar-refractivity contribution in [1.82, 2.24) is 9.55 Å². The van der Waals surface area contributed by atoms with Crippen LogP contribution in [0.4, 0.5) is 19.1 Å². The van der Waals surface area contributed by atoms with Gasteiger partial charge in [-0.1, -0.05) is 0 Å². The number of morpholine rings is 1. The van der Waals surface area contributed by atoms with E-state index in [1.165, 1.54) is 6.07 Å². The van der Waals surface area contributed by atoms with Gasteiger partial charge in [-0.05, 0) is 24.6 Å². The first-order valence-electron chi connectivity index (χ1n) is 7.52. The summed E-state index contributed by atoms with van der Waals surface area (Å²) in [5, 5.41) is -0.209. The highest BCUT2D eigenvalue weighted by Gasteiger charge is 2.25. The van der Waals surface area contributed by atoms with Crippen LogP contribution in [-0.2, 0) is 4.74 Å². The van der Waals surface area contributed by atoms with E-state index in [9.17, 15) is 18.0 Å². The molecule has 9 heteroatoms. The second-order valence-corrected chi connectivity index (χ2v) is 5.64. The van der Waals surface area contributed by atoms with Gasteiger partial charge in [0, 0.05) is 19.1 Å². The van der Waals surface area contributed by atoms with E-state index in [2.05, 4.69) is 4.98 Å². The third kappa shape index (κ3) is 2.84. The predicted octanol–water partition coefficient (Wildman–Crippen LogP) is 1.79. The van der Waals surface area contributed by atoms with Crippen LogP contribution in [0.2, 0.25) is 0 Å². The summed E-state index contributed by atoms with van der Waals surface area (Å²) in [5.41, 5.74) is 5.29. The molecule has 130 valence electrons. The zero-order chi connectivity index (χ0) is 17.4. The molecule has 1 atom stereocenters. The zero-order valence-corrected chi connectivity index (χ0v) is 13.0. The minimum atomic E-state index is -3.09. The normalized spacial score (nSPS) is 16.8. The molecule has 0 aliphatic carbocycles. The fourth-order valence-electron chi connectivity index (χ4n) is 2.79. The minimum Gasteiger partial charge on any atom is -0.378 e. The van der Waals surface area contributed by atoms with E-state index in [4.69, 9.17) is 10.5 Å². The molecule has 1 aliphatic rings. The number of aromatic nitrogens is 2. The van der Waals surface area contributed by atoms with Gasteiger partial charge in [0.05, 0.1) is 24.1 Å². The maximum absolute atomic E-state index is 13.8. The van der Waals surface area contributed by atoms with Crippen LogP contribution in [0.5, 0.6) is 0 Å². The van der Waals surface area contributed by atoms with Crippen molar-refractivity contribution in [2.24, 2.45) is 5.73 Å². The molecule has 1 aromatic carbocycles. The van der Waals surface area contributed by atoms with Crippen LogP contribution in [0.3, 0.4) is 0 Å². The van der Waals surface area contributed by atoms with Crippen LogP contribution in [0.1, 0.15) is 25.1 Å². The van der Waals surface area contributed by atoms with E-state index in [1.54, 1.807) is 11.8 Å². The molecule has 1 saturated heterocycles. The fraction of sp³-hybridized carbons (Fsp3) is 0.467. The molecule has 1 aliphatic heterocycles. The summed E-state index contributed by atoms with van der Waals surface area (Å²) >= 11 is 0. The average molecular weight is 342 g/mol. The standard InChI is InChI=1S/C15H17F3N4O2/c1-8(19)10-6-9(16)7-11-12(10)20-15(21-2-4-24-5-3-21)22(13(11)23)14(17)18/h6-8,14H,2-5,19H2,1H3/t8-/m1/s1. The van der Waals surface area contributed by atoms with Gasteiger partial charge in [0.1, 0.15) is 5.82 Å². The van der Waals surface area contributed by atoms with E-state index in [1.807, 2.05) is 0 Å². The van der Waals surface area contributed by atoms with Crippen molar-refractivity contribution >= 4 is 16.9 Å². The summed E-state index contributed by atoms with van der Waals surface area (Å²) < 4.78 is 46.2. The van der Waals surface area contributed by atoms with E-state index in [0.29, 0.717) is 31.9 Å². The maximum atomic E-state index is 13.8. The Bertz CT molecular complexity index is 816. The van der Waals surface area contributed by atoms with Gasteiger partial charge < -0.3 is 15.4 Å². The quantitative estimate of drug-likeness (QED) is 0.921. The zero-order valence-electron chi connectivity index (χ0n) is 13.0. The van der Waals surface area contributed by atoms with E-state index in [-0.39, 0.29) is 21.4 Å². The molecule has 6 nitrogen and oxygen atoms in total. The molecule has 0 saturated carbocycles. The van der Waals surface area contributed by atoms with Gasteiger partial charge in [0.25, 0.3) is 5.56 Å². The minimum absolute atomic E-state index is 0.148. The molecule has 0 amide bonds. The first-order valence-corrected chi connectivity index (χ1v) is 7.52. The van der Waals surface area contributed by atoms with Crippen molar-refractivity contribution < 1.29 is 17.9 Å². The summed E-state index contributed by atoms with van der Waals surface area (Å²) in [4.78, 5) is 18.3. The smallest absolute Gasteiger partial charge is 0.324 e. The first-order chi connectivity index (χ1) is 11.4. The number of anilines is 1. The molecule has 3 rings (SSSR count). The van der Waals surface area contributed by atoms with Crippen LogP contribution >= 0.6 is 0 Å². The van der Waals surface area contributed by atoms with Crippen LogP contribution in [0.25, 0.3) is 10.9 Å². The molecule has 0 radical (unpaired) electrons. The monoisotopic (exact) mass is 342 g/mol. The summed E-state index contributed by atoms with van der Waals surface area (Å²) in [5.74, 6) is -0.868. The largest absolute Gasteiger partial charge is 0.378 e. The summed E-state index contributed by atoms with van der Waals surface area (Å²) in [6.45, 7) is -0.113. The van der Waals surface area contributed by atoms with Crippen molar-refractivity contribution in [1.29, 1.82) is 0 Å². The summed E-state index contributed by atoms with van der Waals surface area (Å²) in [7, 11) is 0. The molecule has 1 aromatic heterocycles. The second-order valence-electron chi connectivity index (χ2n) is 5.64. The predicted molar refractivity (Wildman–Crippen MR) is 82.8 cm³/mol. The Hall–Kier alpha value is -2.13. The molecule has 0 unspecified atom stereocenters. The molecule has 0 spiro atoms. The Balaban J connectivity index is 2.33. The number of hydrogen-bond acceptors (Lipinski definition) is 5. The highest BCUT2D eigenvalue weighted by Crippen LogP contribution is 2.26. The number of rotatable bonds is 3. The number of alkyl halides is 2. The Morgan fingerprint density at radius 1 is 1.29 bits per heavy atom. The second kappa shape index (κ2) is 6.40. The molecule has 2 aromatic rings. The number of benzene rings is 1. The molecule has 24 heavy (non-hydrogen) atoms. The molecule has 2 N–H and O–H groups in total. The summed E-state index contributed by atoms with van der Waals surface area (Å²) in [6, 6.07) is 1.49. The van der Waals surface area contributed by atoms with Crippen molar-refractivity contribution in [3.05, 3.63) is 33.9 Å². The molecular weight excluding hydrogens is 325 g/mol. The van der Waals surface area contributed by atoms with Gasteiger partial charge in [-0.15, -0.1) is 0 Å². The number of hydrogen-bond donors (Lipinski definition) is 1. The van der Waals surface area contributed by atoms with Crippen molar-refractivity contribution in [3.63, 3.8) is 0 Å². The summed E-state index contributed by atoms with van der Waals surface area (Å²) in [6.07, 6.45) is 0. The Morgan fingerprint density at radius 2 is 1.96 bits per heavy atom. The SMILES string of the molecule is C[C@@H](N)c1cc(F)cc2c(=O)n(C(F)F)c(N3CCOCC3)nc12. The van der Waals surface area contributed by atoms with Gasteiger partial charge >= 0.3 is 6.55 Å². The first kappa shape index (κ1) is 16.7. The lowest BCUT2D eigenvalue weighted by Gasteiger charge is -2.30. The van der Waals surface area contributed by atoms with E-state index >= 15 is 0 Å². The lowest BCUT2D eigenvalue weighted by molar-refractivity contribution is 0.0649. The average Bonchev–Trinajstić information content (AvgIpc) is 2.55. The number of nitrogens with two attached hydrogens (primary N) is 1. The number of halogens is 3. The van der Waals surface area contributed by atoms with Crippen molar-refractivity contribution in [2.45, 2.75) is 19.5 Å². The van der Waals surface area contributed by atoms with Crippen LogP contribution in [-0.4, -0.2) is 35.9 Å². The van der Waals surface area contributed by atoms with Crippen LogP contribution in [0.15, 0.2) is 16.9 Å². The van der Waals surface area contributed by atoms with Gasteiger partial charge in [0.2, 0.25) is 5.95 Å². The number of nitrogens with zero attached hydrogens (tertiary/aromatic N) is 3. The molecule has 1 fully saturated rings. The van der Waals surface area contributed by atoms with E-state index < -0.39 is 24.0 Å². The Labute approximate surface area is 135 Å². The van der Waals surface area contributed by atoms with Gasteiger partial charge in [0.15, 0.2) is 0 Å². The maximum Gasteiger partial charge on any atom is 0.324 e. The van der Waals surface area contributed by atoms with Crippen molar-refractivity contribution in [2.75, 3.05) is 31.2 Å². The van der Waals surface area contributed by atoms with E-state index in [0.717, 1.165) is 6.07 Å². The topological polar surface area (TPSA) is 73.4 Å². The third-order valence-corrected chi connectivity index (χ3v) is 3.96. The molecular formula is C15H17F3N4O2. The van der Waals surface area contributed by atoms with Gasteiger partial charge in [-0.25, -0.2) is 13.9 Å². The van der Waals surface area contributed by atoms with Gasteiger partial charge in [-0.3, -0.25) is 4.79 Å². The number of fused-ring (bicyclic) bond motifs is 1. The molecule has 0 bridgehead atoms. The Morgan fingerprint density at radius 3 is 2.54 bits per heavy atom. The fourth-order valence-corrected chi connectivity index (χ4v) is 2.79. The molecule has 2 heterocycles. The Kier molecular flexibility index (Phi) is 4.46. The van der Waals surface area contributed by atoms with Crippen LogP contribution in [0, 0.1) is 5.82 Å². The number of ether oxygens (including phenoxy) is 1. The van der Waals surface area contributed by atoms with Crippen LogP contribution < -0.4 is 16.2 Å².